The van der Waals surface area contributed by atoms with E-state index in [1.165, 1.54) is 5.39 Å². The van der Waals surface area contributed by atoms with Crippen molar-refractivity contribution in [2.45, 2.75) is 12.5 Å². The van der Waals surface area contributed by atoms with Gasteiger partial charge >= 0.3 is 0 Å². The van der Waals surface area contributed by atoms with Crippen molar-refractivity contribution in [3.63, 3.8) is 0 Å². The first kappa shape index (κ1) is 17.4. The van der Waals surface area contributed by atoms with Crippen molar-refractivity contribution in [1.82, 2.24) is 5.32 Å². The monoisotopic (exact) mass is 308 g/mol. The van der Waals surface area contributed by atoms with E-state index in [9.17, 15) is 4.79 Å². The molecule has 114 valence electrons. The average Bonchev–Trinajstić information content (AvgIpc) is 2.50. The van der Waals surface area contributed by atoms with Gasteiger partial charge in [0, 0.05) is 20.1 Å². The predicted octanol–water partition coefficient (Wildman–Crippen LogP) is 2.41. The minimum atomic E-state index is -0.163. The number of nitrogens with one attached hydrogen (secondary N) is 1. The van der Waals surface area contributed by atoms with E-state index in [0.29, 0.717) is 19.6 Å². The highest BCUT2D eigenvalue weighted by atomic mass is 35.5. The van der Waals surface area contributed by atoms with Gasteiger partial charge in [-0.15, -0.1) is 12.4 Å². The number of fused-ring (bicyclic) bond motifs is 1. The summed E-state index contributed by atoms with van der Waals surface area (Å²) in [6.07, 6.45) is 0.348. The van der Waals surface area contributed by atoms with Crippen molar-refractivity contribution in [2.24, 2.45) is 5.73 Å². The number of carbonyl (C=O) groups is 1. The molecule has 0 fully saturated rings. The van der Waals surface area contributed by atoms with E-state index in [1.807, 2.05) is 18.2 Å². The fourth-order valence-electron chi connectivity index (χ4n) is 2.16. The van der Waals surface area contributed by atoms with Crippen molar-refractivity contribution in [2.75, 3.05) is 20.3 Å². The van der Waals surface area contributed by atoms with Gasteiger partial charge in [-0.1, -0.05) is 36.4 Å². The topological polar surface area (TPSA) is 64.3 Å². The highest BCUT2D eigenvalue weighted by Gasteiger charge is 2.13. The van der Waals surface area contributed by atoms with Crippen LogP contribution in [-0.2, 0) is 9.53 Å². The second-order valence-corrected chi connectivity index (χ2v) is 4.71. The third-order valence-electron chi connectivity index (χ3n) is 3.28. The lowest BCUT2D eigenvalue weighted by molar-refractivity contribution is -0.122. The van der Waals surface area contributed by atoms with Crippen LogP contribution in [0.4, 0.5) is 0 Å². The molecule has 0 saturated carbocycles. The van der Waals surface area contributed by atoms with Crippen molar-refractivity contribution in [3.05, 3.63) is 48.0 Å². The smallest absolute Gasteiger partial charge is 0.222 e. The Morgan fingerprint density at radius 3 is 2.62 bits per heavy atom. The third-order valence-corrected chi connectivity index (χ3v) is 3.28. The third kappa shape index (κ3) is 4.70. The molecule has 2 aromatic rings. The fraction of sp³-hybridized carbons (Fsp3) is 0.312. The Kier molecular flexibility index (Phi) is 7.15. The summed E-state index contributed by atoms with van der Waals surface area (Å²) in [6, 6.07) is 14.1. The summed E-state index contributed by atoms with van der Waals surface area (Å²) >= 11 is 0. The Morgan fingerprint density at radius 1 is 1.24 bits per heavy atom. The van der Waals surface area contributed by atoms with Crippen LogP contribution < -0.4 is 11.1 Å². The summed E-state index contributed by atoms with van der Waals surface area (Å²) in [6.45, 7) is 0.790. The van der Waals surface area contributed by atoms with Crippen LogP contribution in [0, 0.1) is 0 Å². The maximum Gasteiger partial charge on any atom is 0.222 e. The number of carbonyl (C=O) groups excluding carboxylic acids is 1. The first-order chi connectivity index (χ1) is 9.74. The van der Waals surface area contributed by atoms with E-state index in [1.54, 1.807) is 7.11 Å². The minimum Gasteiger partial charge on any atom is -0.384 e. The van der Waals surface area contributed by atoms with E-state index in [4.69, 9.17) is 10.5 Å². The number of hydrogen-bond acceptors (Lipinski definition) is 3. The van der Waals surface area contributed by atoms with Crippen molar-refractivity contribution < 1.29 is 9.53 Å². The number of benzene rings is 2. The zero-order chi connectivity index (χ0) is 14.4. The zero-order valence-corrected chi connectivity index (χ0v) is 12.9. The molecule has 0 saturated heterocycles. The first-order valence-corrected chi connectivity index (χ1v) is 6.71. The Morgan fingerprint density at radius 2 is 1.95 bits per heavy atom. The normalized spacial score (nSPS) is 11.7. The van der Waals surface area contributed by atoms with E-state index in [-0.39, 0.29) is 24.4 Å². The lowest BCUT2D eigenvalue weighted by Crippen LogP contribution is -2.33. The number of ether oxygens (including phenoxy) is 1. The molecule has 5 heteroatoms. The van der Waals surface area contributed by atoms with Crippen molar-refractivity contribution in [3.8, 4) is 0 Å². The lowest BCUT2D eigenvalue weighted by Gasteiger charge is -2.18. The summed E-state index contributed by atoms with van der Waals surface area (Å²) in [5.74, 6) is -0.0459. The molecule has 0 aliphatic heterocycles. The second kappa shape index (κ2) is 8.62. The average molecular weight is 309 g/mol. The molecule has 4 nitrogen and oxygen atoms in total. The fourth-order valence-corrected chi connectivity index (χ4v) is 2.16. The van der Waals surface area contributed by atoms with Gasteiger partial charge in [0.25, 0.3) is 0 Å². The molecular weight excluding hydrogens is 288 g/mol. The van der Waals surface area contributed by atoms with Gasteiger partial charge in [0.05, 0.1) is 12.6 Å². The molecule has 0 radical (unpaired) electrons. The Balaban J connectivity index is 0.00000220. The molecule has 1 unspecified atom stereocenters. The molecular formula is C16H21ClN2O2. The standard InChI is InChI=1S/C16H20N2O2.ClH/c1-20-9-8-16(19)18-15(11-17)14-7-6-12-4-2-3-5-13(12)10-14;/h2-7,10,15H,8-9,11,17H2,1H3,(H,18,19);1H. The SMILES string of the molecule is COCCC(=O)NC(CN)c1ccc2ccccc2c1.Cl. The molecule has 0 aliphatic rings. The molecule has 2 rings (SSSR count). The first-order valence-electron chi connectivity index (χ1n) is 6.71. The lowest BCUT2D eigenvalue weighted by atomic mass is 10.0. The number of rotatable bonds is 6. The molecule has 21 heavy (non-hydrogen) atoms. The molecule has 3 N–H and O–H groups in total. The Hall–Kier alpha value is -1.62. The van der Waals surface area contributed by atoms with Gasteiger partial charge in [-0.2, -0.15) is 0 Å². The van der Waals surface area contributed by atoms with Crippen LogP contribution in [0.15, 0.2) is 42.5 Å². The highest BCUT2D eigenvalue weighted by molar-refractivity contribution is 5.85. The molecule has 0 aliphatic carbocycles. The van der Waals surface area contributed by atoms with Gasteiger partial charge in [0.1, 0.15) is 0 Å². The maximum absolute atomic E-state index is 11.8. The molecule has 0 heterocycles. The molecule has 1 atom stereocenters. The van der Waals surface area contributed by atoms with Crippen LogP contribution in [0.2, 0.25) is 0 Å². The van der Waals surface area contributed by atoms with Crippen molar-refractivity contribution >= 4 is 29.1 Å². The summed E-state index contributed by atoms with van der Waals surface area (Å²) in [4.78, 5) is 11.8. The predicted molar refractivity (Wildman–Crippen MR) is 87.6 cm³/mol. The van der Waals surface area contributed by atoms with Gasteiger partial charge in [-0.05, 0) is 22.4 Å². The number of amides is 1. The summed E-state index contributed by atoms with van der Waals surface area (Å²) < 4.78 is 4.90. The van der Waals surface area contributed by atoms with Crippen molar-refractivity contribution in [1.29, 1.82) is 0 Å². The van der Waals surface area contributed by atoms with Crippen LogP contribution >= 0.6 is 12.4 Å². The zero-order valence-electron chi connectivity index (χ0n) is 12.0. The quantitative estimate of drug-likeness (QED) is 0.861. The van der Waals surface area contributed by atoms with Crippen LogP contribution in [0.3, 0.4) is 0 Å². The van der Waals surface area contributed by atoms with Gasteiger partial charge < -0.3 is 15.8 Å². The number of methoxy groups -OCH3 is 1. The number of hydrogen-bond donors (Lipinski definition) is 2. The summed E-state index contributed by atoms with van der Waals surface area (Å²) in [5.41, 5.74) is 6.80. The van der Waals surface area contributed by atoms with Crippen LogP contribution in [-0.4, -0.2) is 26.2 Å². The van der Waals surface area contributed by atoms with E-state index >= 15 is 0 Å². The maximum atomic E-state index is 11.8. The summed E-state index contributed by atoms with van der Waals surface area (Å²) in [7, 11) is 1.58. The molecule has 0 bridgehead atoms. The van der Waals surface area contributed by atoms with Crippen LogP contribution in [0.25, 0.3) is 10.8 Å². The molecule has 1 amide bonds. The molecule has 0 spiro atoms. The van der Waals surface area contributed by atoms with Gasteiger partial charge in [0.2, 0.25) is 5.91 Å². The van der Waals surface area contributed by atoms with E-state index in [2.05, 4.69) is 29.6 Å². The molecule has 0 aromatic heterocycles. The highest BCUT2D eigenvalue weighted by Crippen LogP contribution is 2.20. The number of nitrogens with two attached hydrogens (primary N) is 1. The van der Waals surface area contributed by atoms with Crippen LogP contribution in [0.5, 0.6) is 0 Å². The Labute approximate surface area is 131 Å². The van der Waals surface area contributed by atoms with E-state index < -0.39 is 0 Å². The largest absolute Gasteiger partial charge is 0.384 e. The van der Waals surface area contributed by atoms with Crippen LogP contribution in [0.1, 0.15) is 18.0 Å². The second-order valence-electron chi connectivity index (χ2n) is 4.71. The van der Waals surface area contributed by atoms with E-state index in [0.717, 1.165) is 10.9 Å². The van der Waals surface area contributed by atoms with Gasteiger partial charge in [-0.3, -0.25) is 4.79 Å². The van der Waals surface area contributed by atoms with Gasteiger partial charge in [0.15, 0.2) is 0 Å². The Bertz CT molecular complexity index is 589. The summed E-state index contributed by atoms with van der Waals surface area (Å²) in [5, 5.41) is 5.26. The van der Waals surface area contributed by atoms with Gasteiger partial charge in [-0.25, -0.2) is 0 Å². The molecule has 2 aromatic carbocycles. The number of halogens is 1. The minimum absolute atomic E-state index is 0.